The van der Waals surface area contributed by atoms with E-state index in [0.717, 1.165) is 0 Å². The van der Waals surface area contributed by atoms with Gasteiger partial charge in [0.15, 0.2) is 11.0 Å². The summed E-state index contributed by atoms with van der Waals surface area (Å²) in [6, 6.07) is 0. The number of carbonyl (C=O) groups excluding carboxylic acids is 1. The summed E-state index contributed by atoms with van der Waals surface area (Å²) in [5.74, 6) is -0.109. The predicted molar refractivity (Wildman–Crippen MR) is 64.2 cm³/mol. The summed E-state index contributed by atoms with van der Waals surface area (Å²) in [5, 5.41) is 2.90. The van der Waals surface area contributed by atoms with Gasteiger partial charge in [-0.1, -0.05) is 23.2 Å². The number of aromatic nitrogens is 2. The lowest BCUT2D eigenvalue weighted by atomic mass is 10.0. The van der Waals surface area contributed by atoms with E-state index in [0.29, 0.717) is 13.0 Å². The van der Waals surface area contributed by atoms with Crippen molar-refractivity contribution in [3.05, 3.63) is 16.5 Å². The summed E-state index contributed by atoms with van der Waals surface area (Å²) in [6.45, 7) is 2.46. The first kappa shape index (κ1) is 12.5. The Morgan fingerprint density at radius 3 is 2.94 bits per heavy atom. The van der Waals surface area contributed by atoms with Gasteiger partial charge in [0.1, 0.15) is 11.3 Å². The normalized spacial score (nSPS) is 23.7. The van der Waals surface area contributed by atoms with E-state index in [-0.39, 0.29) is 33.9 Å². The average molecular weight is 276 g/mol. The van der Waals surface area contributed by atoms with Gasteiger partial charge in [-0.2, -0.15) is 0 Å². The summed E-state index contributed by atoms with van der Waals surface area (Å²) >= 11 is 11.6. The van der Waals surface area contributed by atoms with Crippen LogP contribution in [0.15, 0.2) is 6.33 Å². The van der Waals surface area contributed by atoms with Gasteiger partial charge >= 0.3 is 0 Å². The van der Waals surface area contributed by atoms with E-state index in [1.807, 2.05) is 6.92 Å². The first-order valence-electron chi connectivity index (χ1n) is 5.18. The maximum atomic E-state index is 11.9. The van der Waals surface area contributed by atoms with Crippen molar-refractivity contribution in [3.63, 3.8) is 0 Å². The number of nitrogens with one attached hydrogen (secondary N) is 1. The van der Waals surface area contributed by atoms with Crippen LogP contribution in [-0.4, -0.2) is 28.6 Å². The molecule has 1 saturated heterocycles. The fourth-order valence-electron chi connectivity index (χ4n) is 1.72. The van der Waals surface area contributed by atoms with E-state index in [1.54, 1.807) is 0 Å². The van der Waals surface area contributed by atoms with Crippen molar-refractivity contribution in [2.24, 2.45) is 5.92 Å². The van der Waals surface area contributed by atoms with Crippen LogP contribution in [0, 0.1) is 5.92 Å². The Morgan fingerprint density at radius 2 is 2.29 bits per heavy atom. The van der Waals surface area contributed by atoms with E-state index in [4.69, 9.17) is 27.9 Å². The number of nitrogens with zero attached hydrogens (tertiary/aromatic N) is 2. The molecule has 1 aliphatic heterocycles. The number of anilines is 1. The van der Waals surface area contributed by atoms with Crippen molar-refractivity contribution in [2.45, 2.75) is 19.4 Å². The van der Waals surface area contributed by atoms with Gasteiger partial charge in [0.25, 0.3) is 0 Å². The number of amides is 1. The highest BCUT2D eigenvalue weighted by Gasteiger charge is 2.31. The van der Waals surface area contributed by atoms with Crippen LogP contribution in [0.3, 0.4) is 0 Å². The molecule has 2 unspecified atom stereocenters. The zero-order valence-corrected chi connectivity index (χ0v) is 10.6. The van der Waals surface area contributed by atoms with Gasteiger partial charge in [0, 0.05) is 6.61 Å². The van der Waals surface area contributed by atoms with Crippen molar-refractivity contribution in [2.75, 3.05) is 11.9 Å². The first-order valence-corrected chi connectivity index (χ1v) is 5.93. The molecule has 1 aromatic heterocycles. The summed E-state index contributed by atoms with van der Waals surface area (Å²) in [4.78, 5) is 19.5. The largest absolute Gasteiger partial charge is 0.378 e. The summed E-state index contributed by atoms with van der Waals surface area (Å²) in [5.41, 5.74) is 0. The molecule has 0 radical (unpaired) electrons. The minimum Gasteiger partial charge on any atom is -0.378 e. The Morgan fingerprint density at radius 1 is 1.53 bits per heavy atom. The summed E-state index contributed by atoms with van der Waals surface area (Å²) in [7, 11) is 0. The van der Waals surface area contributed by atoms with Gasteiger partial charge in [0.2, 0.25) is 5.91 Å². The minimum atomic E-state index is -0.181. The van der Waals surface area contributed by atoms with Crippen LogP contribution in [-0.2, 0) is 9.53 Å². The first-order chi connectivity index (χ1) is 8.09. The minimum absolute atomic E-state index is 0.0916. The van der Waals surface area contributed by atoms with Crippen molar-refractivity contribution in [1.82, 2.24) is 9.97 Å². The second-order valence-corrected chi connectivity index (χ2v) is 4.52. The third-order valence-electron chi connectivity index (χ3n) is 2.70. The molecule has 5 nitrogen and oxygen atoms in total. The molecule has 1 aliphatic rings. The smallest absolute Gasteiger partial charge is 0.231 e. The van der Waals surface area contributed by atoms with Crippen LogP contribution in [0.1, 0.15) is 13.3 Å². The number of carbonyl (C=O) groups is 1. The molecule has 7 heteroatoms. The van der Waals surface area contributed by atoms with Crippen molar-refractivity contribution >= 4 is 34.9 Å². The maximum Gasteiger partial charge on any atom is 0.231 e. The molecule has 0 saturated carbocycles. The fourth-order valence-corrected chi connectivity index (χ4v) is 2.00. The second kappa shape index (κ2) is 5.16. The van der Waals surface area contributed by atoms with Crippen LogP contribution in [0.5, 0.6) is 0 Å². The predicted octanol–water partition coefficient (Wildman–Crippen LogP) is 2.15. The lowest BCUT2D eigenvalue weighted by Gasteiger charge is -2.14. The highest BCUT2D eigenvalue weighted by molar-refractivity contribution is 6.42. The molecule has 1 N–H and O–H groups in total. The van der Waals surface area contributed by atoms with E-state index in [9.17, 15) is 4.79 Å². The zero-order valence-electron chi connectivity index (χ0n) is 9.11. The van der Waals surface area contributed by atoms with E-state index in [1.165, 1.54) is 6.33 Å². The number of hydrogen-bond acceptors (Lipinski definition) is 4. The standard InChI is InChI=1S/C10H11Cl2N3O2/c1-5-6(2-3-17-5)10(16)15-9-7(11)8(12)13-4-14-9/h4-6H,2-3H2,1H3,(H,13,14,15,16). The molecule has 0 aromatic carbocycles. The SMILES string of the molecule is CC1OCCC1C(=O)Nc1ncnc(Cl)c1Cl. The van der Waals surface area contributed by atoms with Crippen LogP contribution in [0.25, 0.3) is 0 Å². The van der Waals surface area contributed by atoms with E-state index in [2.05, 4.69) is 15.3 Å². The van der Waals surface area contributed by atoms with Gasteiger partial charge in [-0.15, -0.1) is 0 Å². The van der Waals surface area contributed by atoms with Crippen LogP contribution in [0.4, 0.5) is 5.82 Å². The number of hydrogen-bond donors (Lipinski definition) is 1. The molecule has 1 aromatic rings. The van der Waals surface area contributed by atoms with Gasteiger partial charge in [-0.05, 0) is 13.3 Å². The third kappa shape index (κ3) is 2.68. The Kier molecular flexibility index (Phi) is 3.81. The van der Waals surface area contributed by atoms with E-state index >= 15 is 0 Å². The highest BCUT2D eigenvalue weighted by atomic mass is 35.5. The lowest BCUT2D eigenvalue weighted by molar-refractivity contribution is -0.121. The Hall–Kier alpha value is -0.910. The van der Waals surface area contributed by atoms with Crippen LogP contribution in [0.2, 0.25) is 10.2 Å². The summed E-state index contributed by atoms with van der Waals surface area (Å²) < 4.78 is 5.33. The molecular formula is C10H11Cl2N3O2. The van der Waals surface area contributed by atoms with Crippen LogP contribution >= 0.6 is 23.2 Å². The monoisotopic (exact) mass is 275 g/mol. The molecule has 92 valence electrons. The highest BCUT2D eigenvalue weighted by Crippen LogP contribution is 2.27. The number of rotatable bonds is 2. The molecule has 2 atom stereocenters. The van der Waals surface area contributed by atoms with Crippen molar-refractivity contribution in [1.29, 1.82) is 0 Å². The summed E-state index contributed by atoms with van der Waals surface area (Å²) in [6.07, 6.45) is 1.85. The Labute approximate surface area is 108 Å². The van der Waals surface area contributed by atoms with Gasteiger partial charge < -0.3 is 10.1 Å². The maximum absolute atomic E-state index is 11.9. The molecule has 2 heterocycles. The number of ether oxygens (including phenoxy) is 1. The van der Waals surface area contributed by atoms with Gasteiger partial charge in [0.05, 0.1) is 12.0 Å². The van der Waals surface area contributed by atoms with Gasteiger partial charge in [-0.3, -0.25) is 4.79 Å². The Balaban J connectivity index is 2.10. The van der Waals surface area contributed by atoms with Crippen LogP contribution < -0.4 is 5.32 Å². The van der Waals surface area contributed by atoms with Crippen molar-refractivity contribution in [3.8, 4) is 0 Å². The zero-order chi connectivity index (χ0) is 12.4. The number of halogens is 2. The quantitative estimate of drug-likeness (QED) is 0.840. The van der Waals surface area contributed by atoms with Gasteiger partial charge in [-0.25, -0.2) is 9.97 Å². The molecule has 1 amide bonds. The molecule has 1 fully saturated rings. The topological polar surface area (TPSA) is 64.1 Å². The molecular weight excluding hydrogens is 265 g/mol. The third-order valence-corrected chi connectivity index (χ3v) is 3.44. The van der Waals surface area contributed by atoms with Crippen molar-refractivity contribution < 1.29 is 9.53 Å². The molecule has 2 rings (SSSR count). The second-order valence-electron chi connectivity index (χ2n) is 3.79. The lowest BCUT2D eigenvalue weighted by Crippen LogP contribution is -2.28. The molecule has 0 bridgehead atoms. The fraction of sp³-hybridized carbons (Fsp3) is 0.500. The molecule has 0 spiro atoms. The Bertz CT molecular complexity index is 442. The molecule has 17 heavy (non-hydrogen) atoms. The molecule has 0 aliphatic carbocycles. The average Bonchev–Trinajstić information content (AvgIpc) is 2.71. The van der Waals surface area contributed by atoms with E-state index < -0.39 is 0 Å².